The van der Waals surface area contributed by atoms with E-state index >= 15 is 0 Å². The molecule has 1 unspecified atom stereocenters. The molecule has 2 aromatic carbocycles. The van der Waals surface area contributed by atoms with E-state index in [0.717, 1.165) is 21.9 Å². The molecule has 0 saturated carbocycles. The molecule has 0 fully saturated rings. The van der Waals surface area contributed by atoms with Gasteiger partial charge in [0.1, 0.15) is 0 Å². The molecular formula is C16H14N2O2. The van der Waals surface area contributed by atoms with Crippen molar-refractivity contribution >= 4 is 28.7 Å². The fourth-order valence-corrected chi connectivity index (χ4v) is 2.64. The maximum atomic E-state index is 11.3. The third kappa shape index (κ3) is 1.95. The van der Waals surface area contributed by atoms with Crippen LogP contribution in [-0.4, -0.2) is 11.8 Å². The van der Waals surface area contributed by atoms with Gasteiger partial charge in [0.2, 0.25) is 11.8 Å². The topological polar surface area (TPSA) is 86.2 Å². The van der Waals surface area contributed by atoms with Gasteiger partial charge in [0, 0.05) is 5.56 Å². The molecule has 0 aromatic heterocycles. The summed E-state index contributed by atoms with van der Waals surface area (Å²) in [5.74, 6) is -0.991. The highest BCUT2D eigenvalue weighted by Gasteiger charge is 2.19. The Morgan fingerprint density at radius 2 is 1.90 bits per heavy atom. The van der Waals surface area contributed by atoms with Crippen LogP contribution in [0.2, 0.25) is 0 Å². The Kier molecular flexibility index (Phi) is 2.79. The lowest BCUT2D eigenvalue weighted by Crippen LogP contribution is -2.25. The van der Waals surface area contributed by atoms with E-state index < -0.39 is 5.91 Å². The van der Waals surface area contributed by atoms with E-state index in [4.69, 9.17) is 11.5 Å². The SMILES string of the molecule is NC(=O)c1ccc2c3c(ccc2c1)CC(C(N)=O)C=C3. The van der Waals surface area contributed by atoms with E-state index in [2.05, 4.69) is 0 Å². The van der Waals surface area contributed by atoms with Crippen molar-refractivity contribution < 1.29 is 9.59 Å². The second kappa shape index (κ2) is 4.49. The summed E-state index contributed by atoms with van der Waals surface area (Å²) in [7, 11) is 0. The second-order valence-electron chi connectivity index (χ2n) is 5.01. The van der Waals surface area contributed by atoms with Gasteiger partial charge in [-0.1, -0.05) is 30.4 Å². The lowest BCUT2D eigenvalue weighted by atomic mass is 9.86. The average molecular weight is 266 g/mol. The molecule has 2 aromatic rings. The van der Waals surface area contributed by atoms with E-state index in [9.17, 15) is 9.59 Å². The van der Waals surface area contributed by atoms with Gasteiger partial charge in [0.05, 0.1) is 5.92 Å². The van der Waals surface area contributed by atoms with Crippen LogP contribution >= 0.6 is 0 Å². The monoisotopic (exact) mass is 266 g/mol. The molecule has 1 aliphatic rings. The van der Waals surface area contributed by atoms with Crippen LogP contribution in [0.15, 0.2) is 36.4 Å². The molecule has 0 radical (unpaired) electrons. The van der Waals surface area contributed by atoms with Crippen LogP contribution in [-0.2, 0) is 11.2 Å². The Morgan fingerprint density at radius 3 is 2.60 bits per heavy atom. The Bertz CT molecular complexity index is 762. The summed E-state index contributed by atoms with van der Waals surface area (Å²) in [6, 6.07) is 9.31. The third-order valence-corrected chi connectivity index (χ3v) is 3.74. The maximum absolute atomic E-state index is 11.3. The number of nitrogens with two attached hydrogens (primary N) is 2. The largest absolute Gasteiger partial charge is 0.369 e. The second-order valence-corrected chi connectivity index (χ2v) is 5.01. The van der Waals surface area contributed by atoms with Gasteiger partial charge in [0.25, 0.3) is 0 Å². The Morgan fingerprint density at radius 1 is 1.10 bits per heavy atom. The van der Waals surface area contributed by atoms with Crippen LogP contribution in [0.4, 0.5) is 0 Å². The minimum Gasteiger partial charge on any atom is -0.369 e. The van der Waals surface area contributed by atoms with Gasteiger partial charge in [-0.2, -0.15) is 0 Å². The van der Waals surface area contributed by atoms with Crippen LogP contribution < -0.4 is 11.5 Å². The van der Waals surface area contributed by atoms with E-state index in [0.29, 0.717) is 12.0 Å². The fourth-order valence-electron chi connectivity index (χ4n) is 2.64. The number of hydrogen-bond donors (Lipinski definition) is 2. The minimum atomic E-state index is -0.436. The molecule has 0 bridgehead atoms. The first-order valence-corrected chi connectivity index (χ1v) is 6.39. The fraction of sp³-hybridized carbons (Fsp3) is 0.125. The van der Waals surface area contributed by atoms with Gasteiger partial charge in [-0.25, -0.2) is 0 Å². The number of rotatable bonds is 2. The van der Waals surface area contributed by atoms with Gasteiger partial charge in [0.15, 0.2) is 0 Å². The molecule has 4 N–H and O–H groups in total. The van der Waals surface area contributed by atoms with Gasteiger partial charge in [-0.3, -0.25) is 9.59 Å². The van der Waals surface area contributed by atoms with Gasteiger partial charge >= 0.3 is 0 Å². The summed E-state index contributed by atoms with van der Waals surface area (Å²) in [5.41, 5.74) is 13.3. The zero-order chi connectivity index (χ0) is 14.3. The Balaban J connectivity index is 2.14. The van der Waals surface area contributed by atoms with Gasteiger partial charge in [-0.05, 0) is 40.5 Å². The summed E-state index contributed by atoms with van der Waals surface area (Å²) in [6.45, 7) is 0. The van der Waals surface area contributed by atoms with Crippen molar-refractivity contribution in [1.29, 1.82) is 0 Å². The molecule has 100 valence electrons. The van der Waals surface area contributed by atoms with E-state index in [1.54, 1.807) is 12.1 Å². The maximum Gasteiger partial charge on any atom is 0.248 e. The summed E-state index contributed by atoms with van der Waals surface area (Å²) in [6.07, 6.45) is 4.39. The molecule has 0 aliphatic heterocycles. The molecule has 2 amide bonds. The highest BCUT2D eigenvalue weighted by atomic mass is 16.1. The van der Waals surface area contributed by atoms with Gasteiger partial charge < -0.3 is 11.5 Å². The van der Waals surface area contributed by atoms with Crippen molar-refractivity contribution in [3.8, 4) is 0 Å². The lowest BCUT2D eigenvalue weighted by Gasteiger charge is -2.18. The summed E-state index contributed by atoms with van der Waals surface area (Å²) < 4.78 is 0. The molecular weight excluding hydrogens is 252 g/mol. The van der Waals surface area contributed by atoms with E-state index in [-0.39, 0.29) is 11.8 Å². The zero-order valence-electron chi connectivity index (χ0n) is 10.8. The first kappa shape index (κ1) is 12.4. The highest BCUT2D eigenvalue weighted by Crippen LogP contribution is 2.30. The first-order chi connectivity index (χ1) is 9.56. The van der Waals surface area contributed by atoms with Crippen molar-refractivity contribution in [2.75, 3.05) is 0 Å². The van der Waals surface area contributed by atoms with Crippen LogP contribution in [0.3, 0.4) is 0 Å². The number of amides is 2. The van der Waals surface area contributed by atoms with Crippen molar-refractivity contribution in [2.45, 2.75) is 6.42 Å². The van der Waals surface area contributed by atoms with Crippen molar-refractivity contribution in [3.05, 3.63) is 53.1 Å². The molecule has 0 spiro atoms. The average Bonchev–Trinajstić information content (AvgIpc) is 2.45. The van der Waals surface area contributed by atoms with Crippen molar-refractivity contribution in [1.82, 2.24) is 0 Å². The number of hydrogen-bond acceptors (Lipinski definition) is 2. The standard InChI is InChI=1S/C16H14N2O2/c17-15(19)11-3-5-13-9(7-11)1-2-10-8-12(16(18)20)4-6-14(10)13/h1-7,12H,8H2,(H2,17,19)(H2,18,20). The summed E-state index contributed by atoms with van der Waals surface area (Å²) in [5, 5.41) is 2.01. The smallest absolute Gasteiger partial charge is 0.248 e. The van der Waals surface area contributed by atoms with E-state index in [1.807, 2.05) is 30.4 Å². The molecule has 0 heterocycles. The Hall–Kier alpha value is -2.62. The number of carbonyl (C=O) groups is 2. The normalized spacial score (nSPS) is 16.9. The summed E-state index contributed by atoms with van der Waals surface area (Å²) in [4.78, 5) is 22.5. The number of primary amides is 2. The number of carbonyl (C=O) groups excluding carboxylic acids is 2. The van der Waals surface area contributed by atoms with Crippen LogP contribution in [0.25, 0.3) is 16.8 Å². The van der Waals surface area contributed by atoms with Crippen molar-refractivity contribution in [3.63, 3.8) is 0 Å². The van der Waals surface area contributed by atoms with E-state index in [1.165, 1.54) is 0 Å². The van der Waals surface area contributed by atoms with Crippen LogP contribution in [0.5, 0.6) is 0 Å². The zero-order valence-corrected chi connectivity index (χ0v) is 10.8. The number of fused-ring (bicyclic) bond motifs is 3. The highest BCUT2D eigenvalue weighted by molar-refractivity contribution is 6.00. The quantitative estimate of drug-likeness (QED) is 0.865. The predicted octanol–water partition coefficient (Wildman–Crippen LogP) is 1.61. The predicted molar refractivity (Wildman–Crippen MR) is 77.9 cm³/mol. The molecule has 20 heavy (non-hydrogen) atoms. The van der Waals surface area contributed by atoms with Crippen LogP contribution in [0, 0.1) is 5.92 Å². The molecule has 4 heteroatoms. The lowest BCUT2D eigenvalue weighted by molar-refractivity contribution is -0.120. The van der Waals surface area contributed by atoms with Crippen LogP contribution in [0.1, 0.15) is 21.5 Å². The molecule has 4 nitrogen and oxygen atoms in total. The molecule has 1 atom stereocenters. The number of benzene rings is 2. The van der Waals surface area contributed by atoms with Crippen molar-refractivity contribution in [2.24, 2.45) is 17.4 Å². The first-order valence-electron chi connectivity index (χ1n) is 6.39. The third-order valence-electron chi connectivity index (χ3n) is 3.74. The molecule has 1 aliphatic carbocycles. The van der Waals surface area contributed by atoms with Gasteiger partial charge in [-0.15, -0.1) is 0 Å². The molecule has 3 rings (SSSR count). The Labute approximate surface area is 116 Å². The minimum absolute atomic E-state index is 0.246. The molecule has 0 saturated heterocycles. The summed E-state index contributed by atoms with van der Waals surface area (Å²) >= 11 is 0.